The standard InChI is InChI=1S/C20H21N3O4S2/c1-13(2)27-18-6-4-3-5-17(18)19(24)23-20-22-12-15(28-20)11-14-7-9-16(10-8-14)29(21,25)26/h3-10,12-13H,11H2,1-2H3,(H2,21,25,26)(H,22,23,24). The Balaban J connectivity index is 1.69. The zero-order valence-corrected chi connectivity index (χ0v) is 17.6. The Morgan fingerprint density at radius 3 is 2.52 bits per heavy atom. The van der Waals surface area contributed by atoms with E-state index >= 15 is 0 Å². The highest BCUT2D eigenvalue weighted by atomic mass is 32.2. The third-order valence-corrected chi connectivity index (χ3v) is 5.74. The maximum Gasteiger partial charge on any atom is 0.261 e. The average Bonchev–Trinajstić information content (AvgIpc) is 3.08. The molecule has 2 aromatic carbocycles. The Morgan fingerprint density at radius 2 is 1.86 bits per heavy atom. The van der Waals surface area contributed by atoms with Gasteiger partial charge in [-0.1, -0.05) is 24.3 Å². The van der Waals surface area contributed by atoms with Crippen LogP contribution in [0.15, 0.2) is 59.6 Å². The van der Waals surface area contributed by atoms with Gasteiger partial charge in [-0.15, -0.1) is 11.3 Å². The van der Waals surface area contributed by atoms with Gasteiger partial charge in [0.2, 0.25) is 10.0 Å². The number of rotatable bonds is 7. The molecule has 1 heterocycles. The number of hydrogen-bond donors (Lipinski definition) is 2. The summed E-state index contributed by atoms with van der Waals surface area (Å²) in [5.41, 5.74) is 1.35. The fourth-order valence-electron chi connectivity index (χ4n) is 2.62. The predicted octanol–water partition coefficient (Wildman–Crippen LogP) is 3.42. The predicted molar refractivity (Wildman–Crippen MR) is 113 cm³/mol. The summed E-state index contributed by atoms with van der Waals surface area (Å²) in [6, 6.07) is 13.4. The quantitative estimate of drug-likeness (QED) is 0.595. The molecular formula is C20H21N3O4S2. The second-order valence-electron chi connectivity index (χ2n) is 6.61. The summed E-state index contributed by atoms with van der Waals surface area (Å²) in [5, 5.41) is 8.39. The molecule has 1 amide bonds. The van der Waals surface area contributed by atoms with Gasteiger partial charge in [-0.3, -0.25) is 10.1 Å². The molecule has 0 atom stereocenters. The van der Waals surface area contributed by atoms with Crippen LogP contribution < -0.4 is 15.2 Å². The van der Waals surface area contributed by atoms with E-state index in [0.29, 0.717) is 22.9 Å². The lowest BCUT2D eigenvalue weighted by Gasteiger charge is -2.13. The third-order valence-electron chi connectivity index (χ3n) is 3.90. The van der Waals surface area contributed by atoms with E-state index in [1.54, 1.807) is 36.5 Å². The number of aromatic nitrogens is 1. The number of nitrogens with zero attached hydrogens (tertiary/aromatic N) is 1. The van der Waals surface area contributed by atoms with Gasteiger partial charge in [0.05, 0.1) is 16.6 Å². The molecular weight excluding hydrogens is 410 g/mol. The van der Waals surface area contributed by atoms with Gasteiger partial charge in [-0.25, -0.2) is 18.5 Å². The monoisotopic (exact) mass is 431 g/mol. The lowest BCUT2D eigenvalue weighted by Crippen LogP contribution is -2.15. The van der Waals surface area contributed by atoms with E-state index in [2.05, 4.69) is 10.3 Å². The largest absolute Gasteiger partial charge is 0.490 e. The number of nitrogens with two attached hydrogens (primary N) is 1. The van der Waals surface area contributed by atoms with Crippen molar-refractivity contribution in [3.8, 4) is 5.75 Å². The van der Waals surface area contributed by atoms with Crippen LogP contribution in [-0.4, -0.2) is 25.4 Å². The highest BCUT2D eigenvalue weighted by molar-refractivity contribution is 7.89. The number of primary sulfonamides is 1. The molecule has 0 saturated carbocycles. The SMILES string of the molecule is CC(C)Oc1ccccc1C(=O)Nc1ncc(Cc2ccc(S(N)(=O)=O)cc2)s1. The number of benzene rings is 2. The molecule has 0 saturated heterocycles. The van der Waals surface area contributed by atoms with Crippen LogP contribution in [0.4, 0.5) is 5.13 Å². The van der Waals surface area contributed by atoms with Crippen LogP contribution in [0.1, 0.15) is 34.6 Å². The summed E-state index contributed by atoms with van der Waals surface area (Å²) in [4.78, 5) is 17.9. The molecule has 29 heavy (non-hydrogen) atoms. The third kappa shape index (κ3) is 5.63. The van der Waals surface area contributed by atoms with E-state index in [0.717, 1.165) is 10.4 Å². The molecule has 7 nitrogen and oxygen atoms in total. The number of anilines is 1. The van der Waals surface area contributed by atoms with Crippen LogP contribution in [0.25, 0.3) is 0 Å². The fraction of sp³-hybridized carbons (Fsp3) is 0.200. The maximum atomic E-state index is 12.6. The molecule has 3 N–H and O–H groups in total. The van der Waals surface area contributed by atoms with Crippen molar-refractivity contribution in [2.24, 2.45) is 5.14 Å². The number of amides is 1. The van der Waals surface area contributed by atoms with E-state index < -0.39 is 10.0 Å². The highest BCUT2D eigenvalue weighted by Crippen LogP contribution is 2.25. The van der Waals surface area contributed by atoms with Gasteiger partial charge >= 0.3 is 0 Å². The molecule has 0 fully saturated rings. The molecule has 3 rings (SSSR count). The molecule has 0 bridgehead atoms. The molecule has 9 heteroatoms. The molecule has 0 radical (unpaired) electrons. The Morgan fingerprint density at radius 1 is 1.17 bits per heavy atom. The average molecular weight is 432 g/mol. The summed E-state index contributed by atoms with van der Waals surface area (Å²) in [6.07, 6.45) is 2.20. The molecule has 0 aliphatic carbocycles. The minimum Gasteiger partial charge on any atom is -0.490 e. The first-order valence-corrected chi connectivity index (χ1v) is 11.2. The maximum absolute atomic E-state index is 12.6. The first-order chi connectivity index (χ1) is 13.7. The number of ether oxygens (including phenoxy) is 1. The first-order valence-electron chi connectivity index (χ1n) is 8.86. The van der Waals surface area contributed by atoms with Crippen molar-refractivity contribution < 1.29 is 17.9 Å². The number of sulfonamides is 1. The highest BCUT2D eigenvalue weighted by Gasteiger charge is 2.15. The van der Waals surface area contributed by atoms with Gasteiger partial charge in [-0.05, 0) is 43.7 Å². The van der Waals surface area contributed by atoms with Crippen molar-refractivity contribution in [3.05, 3.63) is 70.7 Å². The van der Waals surface area contributed by atoms with E-state index in [-0.39, 0.29) is 16.9 Å². The van der Waals surface area contributed by atoms with Crippen molar-refractivity contribution in [2.75, 3.05) is 5.32 Å². The molecule has 0 aliphatic rings. The molecule has 3 aromatic rings. The van der Waals surface area contributed by atoms with Crippen molar-refractivity contribution in [1.29, 1.82) is 0 Å². The normalized spacial score (nSPS) is 11.4. The second-order valence-corrected chi connectivity index (χ2v) is 9.29. The first kappa shape index (κ1) is 21.0. The summed E-state index contributed by atoms with van der Waals surface area (Å²) < 4.78 is 28.4. The van der Waals surface area contributed by atoms with Crippen LogP contribution >= 0.6 is 11.3 Å². The molecule has 152 valence electrons. The molecule has 0 unspecified atom stereocenters. The van der Waals surface area contributed by atoms with Crippen molar-refractivity contribution in [2.45, 2.75) is 31.3 Å². The van der Waals surface area contributed by atoms with Gasteiger partial charge in [0.1, 0.15) is 5.75 Å². The Labute approximate surface area is 173 Å². The van der Waals surface area contributed by atoms with Crippen LogP contribution in [0, 0.1) is 0 Å². The lowest BCUT2D eigenvalue weighted by molar-refractivity contribution is 0.102. The van der Waals surface area contributed by atoms with Crippen LogP contribution in [0.5, 0.6) is 5.75 Å². The number of para-hydroxylation sites is 1. The zero-order valence-electron chi connectivity index (χ0n) is 16.0. The summed E-state index contributed by atoms with van der Waals surface area (Å²) in [7, 11) is -3.71. The lowest BCUT2D eigenvalue weighted by atomic mass is 10.1. The van der Waals surface area contributed by atoms with Gasteiger partial charge in [0.25, 0.3) is 5.91 Å². The van der Waals surface area contributed by atoms with E-state index in [4.69, 9.17) is 9.88 Å². The second kappa shape index (κ2) is 8.73. The summed E-state index contributed by atoms with van der Waals surface area (Å²) >= 11 is 1.35. The van der Waals surface area contributed by atoms with Crippen molar-refractivity contribution in [3.63, 3.8) is 0 Å². The van der Waals surface area contributed by atoms with Crippen LogP contribution in [0.3, 0.4) is 0 Å². The summed E-state index contributed by atoms with van der Waals surface area (Å²) in [6.45, 7) is 3.80. The minimum atomic E-state index is -3.71. The molecule has 0 spiro atoms. The molecule has 0 aliphatic heterocycles. The van der Waals surface area contributed by atoms with Crippen LogP contribution in [0.2, 0.25) is 0 Å². The smallest absolute Gasteiger partial charge is 0.261 e. The number of carbonyl (C=O) groups is 1. The van der Waals surface area contributed by atoms with E-state index in [1.165, 1.54) is 23.5 Å². The fourth-order valence-corrected chi connectivity index (χ4v) is 3.98. The van der Waals surface area contributed by atoms with Gasteiger partial charge in [0.15, 0.2) is 5.13 Å². The molecule has 1 aromatic heterocycles. The van der Waals surface area contributed by atoms with Gasteiger partial charge in [-0.2, -0.15) is 0 Å². The van der Waals surface area contributed by atoms with Gasteiger partial charge < -0.3 is 4.74 Å². The van der Waals surface area contributed by atoms with E-state index in [1.807, 2.05) is 19.9 Å². The van der Waals surface area contributed by atoms with Crippen molar-refractivity contribution >= 4 is 32.4 Å². The zero-order chi connectivity index (χ0) is 21.0. The number of carbonyl (C=O) groups excluding carboxylic acids is 1. The number of hydrogen-bond acceptors (Lipinski definition) is 6. The van der Waals surface area contributed by atoms with E-state index in [9.17, 15) is 13.2 Å². The minimum absolute atomic E-state index is 0.0453. The Hall–Kier alpha value is -2.75. The Kier molecular flexibility index (Phi) is 6.31. The number of nitrogens with one attached hydrogen (secondary N) is 1. The van der Waals surface area contributed by atoms with Crippen molar-refractivity contribution in [1.82, 2.24) is 4.98 Å². The van der Waals surface area contributed by atoms with Crippen LogP contribution in [-0.2, 0) is 16.4 Å². The number of thiazole rings is 1. The summed E-state index contributed by atoms with van der Waals surface area (Å²) in [5.74, 6) is 0.228. The topological polar surface area (TPSA) is 111 Å². The van der Waals surface area contributed by atoms with Gasteiger partial charge in [0, 0.05) is 17.5 Å². The Bertz CT molecular complexity index is 1110.